The molecule has 2 aliphatic rings. The number of aromatic nitrogens is 2. The molecule has 9 heteroatoms. The van der Waals surface area contributed by atoms with Crippen molar-refractivity contribution >= 4 is 23.3 Å². The molecule has 0 spiro atoms. The molecule has 0 bridgehead atoms. The van der Waals surface area contributed by atoms with Gasteiger partial charge >= 0.3 is 5.69 Å². The summed E-state index contributed by atoms with van der Waals surface area (Å²) < 4.78 is 0. The van der Waals surface area contributed by atoms with Crippen LogP contribution in [0.5, 0.6) is 0 Å². The SMILES string of the molecule is C[C@H]1CCCN(c2nc(N3CCN(C)CC3)nc(N)c2[N+](=O)[O-])C1. The van der Waals surface area contributed by atoms with E-state index in [1.54, 1.807) is 0 Å². The minimum Gasteiger partial charge on any atom is -0.378 e. The molecular formula is C15H25N7O2. The monoisotopic (exact) mass is 335 g/mol. The quantitative estimate of drug-likeness (QED) is 0.643. The van der Waals surface area contributed by atoms with Crippen molar-refractivity contribution in [1.29, 1.82) is 0 Å². The van der Waals surface area contributed by atoms with Gasteiger partial charge < -0.3 is 20.4 Å². The maximum Gasteiger partial charge on any atom is 0.353 e. The summed E-state index contributed by atoms with van der Waals surface area (Å²) in [6, 6.07) is 0. The van der Waals surface area contributed by atoms with Gasteiger partial charge in [0.15, 0.2) is 0 Å². The molecule has 3 rings (SSSR count). The molecule has 0 radical (unpaired) electrons. The first kappa shape index (κ1) is 16.7. The molecule has 132 valence electrons. The van der Waals surface area contributed by atoms with Crippen LogP contribution in [-0.4, -0.2) is 66.1 Å². The van der Waals surface area contributed by atoms with Crippen LogP contribution < -0.4 is 15.5 Å². The Balaban J connectivity index is 1.96. The van der Waals surface area contributed by atoms with Crippen LogP contribution in [0.15, 0.2) is 0 Å². The van der Waals surface area contributed by atoms with Crippen molar-refractivity contribution in [2.24, 2.45) is 5.92 Å². The average Bonchev–Trinajstić information content (AvgIpc) is 2.54. The number of nitrogens with two attached hydrogens (primary N) is 1. The van der Waals surface area contributed by atoms with Crippen LogP contribution in [0, 0.1) is 16.0 Å². The number of rotatable bonds is 3. The predicted octanol–water partition coefficient (Wildman–Crippen LogP) is 0.955. The molecule has 0 amide bonds. The van der Waals surface area contributed by atoms with Gasteiger partial charge in [-0.05, 0) is 25.8 Å². The van der Waals surface area contributed by atoms with Crippen molar-refractivity contribution in [1.82, 2.24) is 14.9 Å². The van der Waals surface area contributed by atoms with Crippen molar-refractivity contribution in [2.75, 3.05) is 61.8 Å². The molecule has 2 aliphatic heterocycles. The zero-order valence-electron chi connectivity index (χ0n) is 14.3. The van der Waals surface area contributed by atoms with Crippen LogP contribution in [0.1, 0.15) is 19.8 Å². The Morgan fingerprint density at radius 2 is 1.88 bits per heavy atom. The van der Waals surface area contributed by atoms with Gasteiger partial charge in [-0.2, -0.15) is 9.97 Å². The van der Waals surface area contributed by atoms with Crippen molar-refractivity contribution in [3.05, 3.63) is 10.1 Å². The highest BCUT2D eigenvalue weighted by molar-refractivity contribution is 5.71. The number of anilines is 3. The van der Waals surface area contributed by atoms with E-state index < -0.39 is 4.92 Å². The Bertz CT molecular complexity index is 616. The third-order valence-electron chi connectivity index (χ3n) is 4.81. The summed E-state index contributed by atoms with van der Waals surface area (Å²) in [4.78, 5) is 26.1. The van der Waals surface area contributed by atoms with E-state index in [1.165, 1.54) is 0 Å². The summed E-state index contributed by atoms with van der Waals surface area (Å²) in [6.45, 7) is 7.10. The van der Waals surface area contributed by atoms with Gasteiger partial charge in [0.25, 0.3) is 0 Å². The fourth-order valence-electron chi connectivity index (χ4n) is 3.37. The maximum atomic E-state index is 11.5. The predicted molar refractivity (Wildman–Crippen MR) is 93.4 cm³/mol. The molecule has 0 aromatic carbocycles. The van der Waals surface area contributed by atoms with E-state index >= 15 is 0 Å². The van der Waals surface area contributed by atoms with Gasteiger partial charge in [0, 0.05) is 39.3 Å². The normalized spacial score (nSPS) is 22.7. The van der Waals surface area contributed by atoms with Gasteiger partial charge in [-0.25, -0.2) is 0 Å². The van der Waals surface area contributed by atoms with Gasteiger partial charge in [0.05, 0.1) is 4.92 Å². The van der Waals surface area contributed by atoms with E-state index in [9.17, 15) is 10.1 Å². The van der Waals surface area contributed by atoms with Crippen molar-refractivity contribution in [2.45, 2.75) is 19.8 Å². The average molecular weight is 335 g/mol. The number of nitro groups is 1. The highest BCUT2D eigenvalue weighted by Crippen LogP contribution is 2.35. The summed E-state index contributed by atoms with van der Waals surface area (Å²) in [7, 11) is 2.07. The Labute approximate surface area is 141 Å². The molecule has 0 saturated carbocycles. The number of piperazine rings is 1. The molecule has 0 aliphatic carbocycles. The molecule has 1 atom stereocenters. The van der Waals surface area contributed by atoms with E-state index in [0.29, 0.717) is 17.7 Å². The number of likely N-dealkylation sites (N-methyl/N-ethyl adjacent to an activating group) is 1. The lowest BCUT2D eigenvalue weighted by Gasteiger charge is -2.34. The van der Waals surface area contributed by atoms with E-state index in [0.717, 1.165) is 52.1 Å². The van der Waals surface area contributed by atoms with Crippen LogP contribution in [0.3, 0.4) is 0 Å². The Morgan fingerprint density at radius 1 is 1.17 bits per heavy atom. The first-order valence-corrected chi connectivity index (χ1v) is 8.46. The summed E-state index contributed by atoms with van der Waals surface area (Å²) in [5.74, 6) is 1.31. The Kier molecular flexibility index (Phi) is 4.70. The van der Waals surface area contributed by atoms with E-state index in [2.05, 4.69) is 33.7 Å². The van der Waals surface area contributed by atoms with Gasteiger partial charge in [-0.15, -0.1) is 0 Å². The van der Waals surface area contributed by atoms with E-state index in [-0.39, 0.29) is 11.5 Å². The molecular weight excluding hydrogens is 310 g/mol. The van der Waals surface area contributed by atoms with Crippen LogP contribution in [0.25, 0.3) is 0 Å². The molecule has 1 aromatic rings. The fourth-order valence-corrected chi connectivity index (χ4v) is 3.37. The van der Waals surface area contributed by atoms with Crippen molar-refractivity contribution in [3.63, 3.8) is 0 Å². The molecule has 2 saturated heterocycles. The molecule has 9 nitrogen and oxygen atoms in total. The minimum absolute atomic E-state index is 0.0443. The van der Waals surface area contributed by atoms with Crippen LogP contribution in [0.2, 0.25) is 0 Å². The number of hydrogen-bond donors (Lipinski definition) is 1. The summed E-state index contributed by atoms with van der Waals surface area (Å²) in [6.07, 6.45) is 2.14. The third-order valence-corrected chi connectivity index (χ3v) is 4.81. The second-order valence-electron chi connectivity index (χ2n) is 6.82. The lowest BCUT2D eigenvalue weighted by atomic mass is 10.0. The van der Waals surface area contributed by atoms with E-state index in [4.69, 9.17) is 5.73 Å². The lowest BCUT2D eigenvalue weighted by molar-refractivity contribution is -0.383. The standard InChI is InChI=1S/C15H25N7O2/c1-11-4-3-5-21(10-11)14-12(22(23)24)13(16)17-15(18-14)20-8-6-19(2)7-9-20/h11H,3-10H2,1-2H3,(H2,16,17,18)/t11-/m0/s1. The highest BCUT2D eigenvalue weighted by atomic mass is 16.6. The molecule has 1 aromatic heterocycles. The zero-order chi connectivity index (χ0) is 17.3. The van der Waals surface area contributed by atoms with Crippen LogP contribution in [-0.2, 0) is 0 Å². The van der Waals surface area contributed by atoms with Crippen LogP contribution >= 0.6 is 0 Å². The Hall–Kier alpha value is -2.16. The minimum atomic E-state index is -0.461. The van der Waals surface area contributed by atoms with Gasteiger partial charge in [-0.3, -0.25) is 10.1 Å². The summed E-state index contributed by atoms with van der Waals surface area (Å²) in [5.41, 5.74) is 5.78. The van der Waals surface area contributed by atoms with Gasteiger partial charge in [0.1, 0.15) is 0 Å². The van der Waals surface area contributed by atoms with Crippen LogP contribution in [0.4, 0.5) is 23.3 Å². The second-order valence-corrected chi connectivity index (χ2v) is 6.82. The van der Waals surface area contributed by atoms with E-state index in [1.807, 2.05) is 4.90 Å². The number of nitrogens with zero attached hydrogens (tertiary/aromatic N) is 6. The first-order valence-electron chi connectivity index (χ1n) is 8.46. The Morgan fingerprint density at radius 3 is 2.50 bits per heavy atom. The number of hydrogen-bond acceptors (Lipinski definition) is 8. The maximum absolute atomic E-state index is 11.5. The molecule has 3 heterocycles. The summed E-state index contributed by atoms with van der Waals surface area (Å²) in [5, 5.41) is 11.5. The van der Waals surface area contributed by atoms with Gasteiger partial charge in [0.2, 0.25) is 17.6 Å². The first-order chi connectivity index (χ1) is 11.5. The highest BCUT2D eigenvalue weighted by Gasteiger charge is 2.31. The lowest BCUT2D eigenvalue weighted by Crippen LogP contribution is -2.45. The van der Waals surface area contributed by atoms with Gasteiger partial charge in [-0.1, -0.05) is 6.92 Å². The molecule has 24 heavy (non-hydrogen) atoms. The second kappa shape index (κ2) is 6.76. The molecule has 2 N–H and O–H groups in total. The topological polar surface area (TPSA) is 105 Å². The molecule has 2 fully saturated rings. The zero-order valence-corrected chi connectivity index (χ0v) is 14.3. The smallest absolute Gasteiger partial charge is 0.353 e. The largest absolute Gasteiger partial charge is 0.378 e. The summed E-state index contributed by atoms with van der Waals surface area (Å²) >= 11 is 0. The number of piperidine rings is 1. The van der Waals surface area contributed by atoms with Crippen molar-refractivity contribution in [3.8, 4) is 0 Å². The number of nitrogen functional groups attached to an aromatic ring is 1. The van der Waals surface area contributed by atoms with Crippen molar-refractivity contribution < 1.29 is 4.92 Å². The fraction of sp³-hybridized carbons (Fsp3) is 0.733. The third kappa shape index (κ3) is 3.35. The molecule has 0 unspecified atom stereocenters.